The number of nitrogens with zero attached hydrogens (tertiary/aromatic N) is 1. The number of rotatable bonds is 1. The highest BCUT2D eigenvalue weighted by atomic mass is 14.9. The van der Waals surface area contributed by atoms with Gasteiger partial charge in [-0.1, -0.05) is 26.2 Å². The predicted molar refractivity (Wildman–Crippen MR) is 56.2 cm³/mol. The quantitative estimate of drug-likeness (QED) is 0.658. The molecule has 0 aromatic carbocycles. The lowest BCUT2D eigenvalue weighted by Gasteiger charge is -2.17. The van der Waals surface area contributed by atoms with E-state index in [1.165, 1.54) is 11.1 Å². The minimum absolute atomic E-state index is 0.573. The molecule has 0 spiro atoms. The Bertz CT molecular complexity index is 310. The van der Waals surface area contributed by atoms with Gasteiger partial charge in [0.2, 0.25) is 7.41 Å². The van der Waals surface area contributed by atoms with E-state index in [2.05, 4.69) is 37.5 Å². The van der Waals surface area contributed by atoms with Gasteiger partial charge in [-0.2, -0.15) is 0 Å². The van der Waals surface area contributed by atoms with Gasteiger partial charge < -0.3 is 5.23 Å². The van der Waals surface area contributed by atoms with Crippen molar-refractivity contribution >= 4 is 13.2 Å². The largest absolute Gasteiger partial charge is 0.417 e. The molecule has 0 saturated heterocycles. The number of aryl methyl sites for hydroxylation is 1. The van der Waals surface area contributed by atoms with Crippen molar-refractivity contribution in [1.82, 2.24) is 4.98 Å². The zero-order valence-corrected chi connectivity index (χ0v) is 8.17. The first-order valence-electron chi connectivity index (χ1n) is 4.84. The van der Waals surface area contributed by atoms with Crippen LogP contribution in [0.5, 0.6) is 0 Å². The van der Waals surface area contributed by atoms with E-state index in [1.807, 2.05) is 6.20 Å². The zero-order valence-electron chi connectivity index (χ0n) is 8.17. The summed E-state index contributed by atoms with van der Waals surface area (Å²) < 4.78 is 0. The van der Waals surface area contributed by atoms with Crippen molar-refractivity contribution in [3.8, 4) is 0 Å². The molecule has 1 aliphatic rings. The van der Waals surface area contributed by atoms with E-state index in [0.717, 1.165) is 18.6 Å². The van der Waals surface area contributed by atoms with E-state index in [0.29, 0.717) is 5.92 Å². The highest BCUT2D eigenvalue weighted by Crippen LogP contribution is 2.23. The highest BCUT2D eigenvalue weighted by Gasteiger charge is 2.11. The molecule has 0 unspecified atom stereocenters. The van der Waals surface area contributed by atoms with Crippen molar-refractivity contribution in [2.45, 2.75) is 32.5 Å². The van der Waals surface area contributed by atoms with E-state index in [-0.39, 0.29) is 0 Å². The van der Waals surface area contributed by atoms with Gasteiger partial charge in [0.05, 0.1) is 0 Å². The first kappa shape index (κ1) is 8.61. The molecule has 0 amide bonds. The summed E-state index contributed by atoms with van der Waals surface area (Å²) in [5.74, 6) is 1.61. The van der Waals surface area contributed by atoms with Gasteiger partial charge in [-0.25, -0.2) is 4.98 Å². The van der Waals surface area contributed by atoms with Crippen LogP contribution in [0.15, 0.2) is 12.3 Å². The first-order valence-corrected chi connectivity index (χ1v) is 4.84. The fourth-order valence-corrected chi connectivity index (χ4v) is 1.56. The van der Waals surface area contributed by atoms with Crippen LogP contribution in [-0.4, -0.2) is 12.4 Å². The summed E-state index contributed by atoms with van der Waals surface area (Å²) in [6, 6.07) is 2.27. The van der Waals surface area contributed by atoms with Crippen molar-refractivity contribution in [2.75, 3.05) is 5.23 Å². The summed E-state index contributed by atoms with van der Waals surface area (Å²) in [5.41, 5.74) is 2.69. The summed E-state index contributed by atoms with van der Waals surface area (Å²) in [5, 5.41) is 3.19. The average Bonchev–Trinajstić information content (AvgIpc) is 2.17. The molecule has 3 heteroatoms. The number of fused-ring (bicyclic) bond motifs is 1. The molecule has 67 valence electrons. The maximum Gasteiger partial charge on any atom is 0.244 e. The third-order valence-electron chi connectivity index (χ3n) is 2.45. The van der Waals surface area contributed by atoms with Crippen molar-refractivity contribution in [3.05, 3.63) is 23.4 Å². The maximum atomic E-state index is 4.40. The van der Waals surface area contributed by atoms with Crippen LogP contribution >= 0.6 is 0 Å². The Morgan fingerprint density at radius 2 is 2.38 bits per heavy atom. The van der Waals surface area contributed by atoms with E-state index in [1.54, 1.807) is 0 Å². The highest BCUT2D eigenvalue weighted by molar-refractivity contribution is 6.41. The molecule has 13 heavy (non-hydrogen) atoms. The molecule has 0 saturated carbocycles. The van der Waals surface area contributed by atoms with Crippen LogP contribution in [0.4, 0.5) is 5.82 Å². The normalized spacial score (nSPS) is 14.7. The number of hydrogen-bond acceptors (Lipinski definition) is 2. The maximum absolute atomic E-state index is 4.40. The summed E-state index contributed by atoms with van der Waals surface area (Å²) in [4.78, 5) is 4.40. The van der Waals surface area contributed by atoms with Crippen LogP contribution in [0.2, 0.25) is 6.32 Å². The molecular weight excluding hydrogens is 159 g/mol. The summed E-state index contributed by atoms with van der Waals surface area (Å²) in [6.45, 7) is 4.40. The molecule has 1 aliphatic heterocycles. The van der Waals surface area contributed by atoms with Gasteiger partial charge in [0.1, 0.15) is 5.82 Å². The number of anilines is 1. The van der Waals surface area contributed by atoms with E-state index in [4.69, 9.17) is 0 Å². The second kappa shape index (κ2) is 3.40. The number of pyridine rings is 1. The summed E-state index contributed by atoms with van der Waals surface area (Å²) in [7, 11) is 2.07. The summed E-state index contributed by atoms with van der Waals surface area (Å²) in [6.07, 6.45) is 4.20. The summed E-state index contributed by atoms with van der Waals surface area (Å²) >= 11 is 0. The molecule has 2 nitrogen and oxygen atoms in total. The van der Waals surface area contributed by atoms with Crippen molar-refractivity contribution in [1.29, 1.82) is 0 Å². The fraction of sp³-hybridized carbons (Fsp3) is 0.500. The molecule has 1 N–H and O–H groups in total. The lowest BCUT2D eigenvalue weighted by atomic mass is 9.81. The van der Waals surface area contributed by atoms with Gasteiger partial charge in [-0.15, -0.1) is 0 Å². The number of nitrogens with one attached hydrogen (secondary N) is 1. The Kier molecular flexibility index (Phi) is 2.25. The van der Waals surface area contributed by atoms with Gasteiger partial charge >= 0.3 is 0 Å². The molecule has 1 aromatic rings. The molecule has 0 aliphatic carbocycles. The molecule has 0 atom stereocenters. The number of hydrogen-bond donors (Lipinski definition) is 1. The first-order chi connectivity index (χ1) is 6.27. The Labute approximate surface area is 80.0 Å². The second-order valence-corrected chi connectivity index (χ2v) is 3.82. The standard InChI is InChI=1S/C10H14BN2/c1-7(2)9-5-8-3-4-11-13-10(8)12-6-9/h5-7H,3-4H2,1-2H3,(H,12,13). The van der Waals surface area contributed by atoms with Crippen LogP contribution < -0.4 is 5.23 Å². The molecule has 0 fully saturated rings. The van der Waals surface area contributed by atoms with Gasteiger partial charge in [0.15, 0.2) is 0 Å². The average molecular weight is 173 g/mol. The monoisotopic (exact) mass is 173 g/mol. The van der Waals surface area contributed by atoms with Crippen LogP contribution in [0, 0.1) is 0 Å². The third kappa shape index (κ3) is 1.69. The number of aromatic nitrogens is 1. The Balaban J connectivity index is 2.35. The van der Waals surface area contributed by atoms with Crippen LogP contribution in [0.25, 0.3) is 0 Å². The van der Waals surface area contributed by atoms with E-state index in [9.17, 15) is 0 Å². The van der Waals surface area contributed by atoms with Crippen LogP contribution in [0.3, 0.4) is 0 Å². The molecule has 0 bridgehead atoms. The van der Waals surface area contributed by atoms with E-state index < -0.39 is 0 Å². The van der Waals surface area contributed by atoms with Crippen LogP contribution in [0.1, 0.15) is 30.9 Å². The SMILES string of the molecule is CC(C)c1cnc2c(c1)CC[B]N2. The Hall–Kier alpha value is -0.985. The minimum Gasteiger partial charge on any atom is -0.417 e. The van der Waals surface area contributed by atoms with Gasteiger partial charge in [-0.3, -0.25) is 0 Å². The predicted octanol–water partition coefficient (Wildman–Crippen LogP) is 2.21. The van der Waals surface area contributed by atoms with Gasteiger partial charge in [0.25, 0.3) is 0 Å². The Morgan fingerprint density at radius 3 is 3.15 bits per heavy atom. The molecular formula is C10H14BN2. The van der Waals surface area contributed by atoms with Crippen molar-refractivity contribution in [3.63, 3.8) is 0 Å². The molecule has 2 heterocycles. The smallest absolute Gasteiger partial charge is 0.244 e. The fourth-order valence-electron chi connectivity index (χ4n) is 1.56. The van der Waals surface area contributed by atoms with Crippen LogP contribution in [-0.2, 0) is 6.42 Å². The van der Waals surface area contributed by atoms with Crippen molar-refractivity contribution in [2.24, 2.45) is 0 Å². The Morgan fingerprint density at radius 1 is 1.54 bits per heavy atom. The molecule has 2 rings (SSSR count). The minimum atomic E-state index is 0.573. The van der Waals surface area contributed by atoms with Gasteiger partial charge in [0, 0.05) is 6.20 Å². The zero-order chi connectivity index (χ0) is 9.26. The molecule has 1 radical (unpaired) electrons. The molecule has 1 aromatic heterocycles. The van der Waals surface area contributed by atoms with Crippen molar-refractivity contribution < 1.29 is 0 Å². The third-order valence-corrected chi connectivity index (χ3v) is 2.45. The topological polar surface area (TPSA) is 24.9 Å². The lowest BCUT2D eigenvalue weighted by molar-refractivity contribution is 0.852. The van der Waals surface area contributed by atoms with E-state index >= 15 is 0 Å². The van der Waals surface area contributed by atoms with Gasteiger partial charge in [-0.05, 0) is 23.5 Å². The lowest BCUT2D eigenvalue weighted by Crippen LogP contribution is -2.16. The second-order valence-electron chi connectivity index (χ2n) is 3.82.